The highest BCUT2D eigenvalue weighted by molar-refractivity contribution is 5.79. The van der Waals surface area contributed by atoms with E-state index in [1.54, 1.807) is 26.5 Å². The molecule has 0 aromatic carbocycles. The van der Waals surface area contributed by atoms with Gasteiger partial charge in [0.25, 0.3) is 5.56 Å². The van der Waals surface area contributed by atoms with Gasteiger partial charge < -0.3 is 14.5 Å². The van der Waals surface area contributed by atoms with E-state index in [9.17, 15) is 9.59 Å². The predicted molar refractivity (Wildman–Crippen MR) is 82.9 cm³/mol. The first-order valence-corrected chi connectivity index (χ1v) is 7.73. The highest BCUT2D eigenvalue weighted by Crippen LogP contribution is 2.22. The number of amides is 1. The summed E-state index contributed by atoms with van der Waals surface area (Å²) in [6.07, 6.45) is 5.26. The summed E-state index contributed by atoms with van der Waals surface area (Å²) in [5.74, 6) is 0.546. The normalized spacial score (nSPS) is 15.8. The molecule has 1 amide bonds. The highest BCUT2D eigenvalue weighted by Gasteiger charge is 2.24. The smallest absolute Gasteiger partial charge is 0.254 e. The van der Waals surface area contributed by atoms with Crippen LogP contribution in [0.4, 0.5) is 0 Å². The number of aromatic nitrogens is 5. The fourth-order valence-electron chi connectivity index (χ4n) is 3.03. The lowest BCUT2D eigenvalue weighted by Crippen LogP contribution is -2.40. The summed E-state index contributed by atoms with van der Waals surface area (Å²) < 4.78 is 1.99. The molecule has 0 atom stereocenters. The van der Waals surface area contributed by atoms with Gasteiger partial charge in [-0.25, -0.2) is 4.98 Å². The molecule has 23 heavy (non-hydrogen) atoms. The summed E-state index contributed by atoms with van der Waals surface area (Å²) in [6.45, 7) is 4.86. The maximum absolute atomic E-state index is 12.5. The third-order valence-electron chi connectivity index (χ3n) is 4.34. The lowest BCUT2D eigenvalue weighted by Gasteiger charge is -2.32. The van der Waals surface area contributed by atoms with Crippen LogP contribution in [0.15, 0.2) is 17.4 Å². The number of hydrogen-bond acceptors (Lipinski definition) is 5. The quantitative estimate of drug-likeness (QED) is 0.883. The molecule has 2 aromatic heterocycles. The molecule has 1 aliphatic rings. The molecule has 1 aliphatic heterocycles. The van der Waals surface area contributed by atoms with Crippen LogP contribution in [-0.4, -0.2) is 48.6 Å². The molecular formula is C15H20N6O2. The molecule has 8 nitrogen and oxygen atoms in total. The molecule has 8 heteroatoms. The van der Waals surface area contributed by atoms with Crippen molar-refractivity contribution in [1.82, 2.24) is 29.6 Å². The second-order valence-corrected chi connectivity index (χ2v) is 5.91. The molecule has 2 aromatic rings. The summed E-state index contributed by atoms with van der Waals surface area (Å²) in [6, 6.07) is 0.334. The van der Waals surface area contributed by atoms with Crippen LogP contribution >= 0.6 is 0 Å². The van der Waals surface area contributed by atoms with E-state index in [-0.39, 0.29) is 17.9 Å². The summed E-state index contributed by atoms with van der Waals surface area (Å²) in [7, 11) is 0. The minimum absolute atomic E-state index is 0.0218. The van der Waals surface area contributed by atoms with E-state index < -0.39 is 0 Å². The van der Waals surface area contributed by atoms with Gasteiger partial charge in [0, 0.05) is 30.4 Å². The van der Waals surface area contributed by atoms with Crippen LogP contribution < -0.4 is 5.56 Å². The fourth-order valence-corrected chi connectivity index (χ4v) is 3.03. The molecule has 3 rings (SSSR count). The number of nitrogens with one attached hydrogen (secondary N) is 1. The number of aryl methyl sites for hydroxylation is 2. The zero-order valence-electron chi connectivity index (χ0n) is 13.3. The molecule has 0 radical (unpaired) electrons. The standard InChI is InChI=1S/C15H20N6O2/c1-10-13(15(23)19-11(2)18-10)7-14(22)20-5-3-12(4-6-20)21-8-16-17-9-21/h8-9,12H,3-7H2,1-2H3,(H,18,19,23). The van der Waals surface area contributed by atoms with Gasteiger partial charge >= 0.3 is 0 Å². The monoisotopic (exact) mass is 316 g/mol. The minimum atomic E-state index is -0.220. The molecule has 122 valence electrons. The van der Waals surface area contributed by atoms with Gasteiger partial charge in [-0.1, -0.05) is 0 Å². The number of rotatable bonds is 3. The van der Waals surface area contributed by atoms with Crippen molar-refractivity contribution >= 4 is 5.91 Å². The van der Waals surface area contributed by atoms with Crippen molar-refractivity contribution in [3.8, 4) is 0 Å². The van der Waals surface area contributed by atoms with Gasteiger partial charge in [0.15, 0.2) is 0 Å². The number of carbonyl (C=O) groups excluding carboxylic acids is 1. The van der Waals surface area contributed by atoms with Crippen molar-refractivity contribution in [2.75, 3.05) is 13.1 Å². The first-order valence-electron chi connectivity index (χ1n) is 7.73. The van der Waals surface area contributed by atoms with Gasteiger partial charge in [0.1, 0.15) is 18.5 Å². The third-order valence-corrected chi connectivity index (χ3v) is 4.34. The molecule has 1 N–H and O–H groups in total. The zero-order chi connectivity index (χ0) is 16.4. The number of nitrogens with zero attached hydrogens (tertiary/aromatic N) is 5. The second kappa shape index (κ2) is 6.31. The molecule has 0 saturated carbocycles. The maximum atomic E-state index is 12.5. The van der Waals surface area contributed by atoms with Crippen LogP contribution in [-0.2, 0) is 11.2 Å². The van der Waals surface area contributed by atoms with Crippen molar-refractivity contribution < 1.29 is 4.79 Å². The average molecular weight is 316 g/mol. The van der Waals surface area contributed by atoms with Gasteiger partial charge in [0.05, 0.1) is 6.42 Å². The number of piperidine rings is 1. The van der Waals surface area contributed by atoms with Gasteiger partial charge in [-0.05, 0) is 26.7 Å². The Morgan fingerprint density at radius 1 is 1.26 bits per heavy atom. The van der Waals surface area contributed by atoms with E-state index in [2.05, 4.69) is 20.2 Å². The summed E-state index contributed by atoms with van der Waals surface area (Å²) >= 11 is 0. The summed E-state index contributed by atoms with van der Waals surface area (Å²) in [4.78, 5) is 33.2. The molecule has 1 fully saturated rings. The SMILES string of the molecule is Cc1nc(C)c(CC(=O)N2CCC(n3cnnc3)CC2)c(=O)[nH]1. The Kier molecular flexibility index (Phi) is 4.22. The predicted octanol–water partition coefficient (Wildman–Crippen LogP) is 0.384. The molecule has 0 bridgehead atoms. The Morgan fingerprint density at radius 2 is 1.91 bits per heavy atom. The Bertz CT molecular complexity index is 744. The van der Waals surface area contributed by atoms with Gasteiger partial charge in [-0.15, -0.1) is 10.2 Å². The van der Waals surface area contributed by atoms with E-state index in [4.69, 9.17) is 0 Å². The molecule has 0 aliphatic carbocycles. The summed E-state index contributed by atoms with van der Waals surface area (Å²) in [5, 5.41) is 7.64. The van der Waals surface area contributed by atoms with E-state index in [1.807, 2.05) is 9.47 Å². The van der Waals surface area contributed by atoms with Gasteiger partial charge in [0.2, 0.25) is 5.91 Å². The zero-order valence-corrected chi connectivity index (χ0v) is 13.3. The van der Waals surface area contributed by atoms with Crippen LogP contribution in [0.5, 0.6) is 0 Å². The molecule has 0 unspecified atom stereocenters. The van der Waals surface area contributed by atoms with Crippen LogP contribution in [0.1, 0.15) is 36.0 Å². The largest absolute Gasteiger partial charge is 0.342 e. The lowest BCUT2D eigenvalue weighted by molar-refractivity contribution is -0.131. The number of H-pyrrole nitrogens is 1. The second-order valence-electron chi connectivity index (χ2n) is 5.91. The fraction of sp³-hybridized carbons (Fsp3) is 0.533. The Hall–Kier alpha value is -2.51. The van der Waals surface area contributed by atoms with Crippen molar-refractivity contribution in [3.63, 3.8) is 0 Å². The first kappa shape index (κ1) is 15.4. The van der Waals surface area contributed by atoms with Crippen LogP contribution in [0.25, 0.3) is 0 Å². The first-order chi connectivity index (χ1) is 11.0. The third kappa shape index (κ3) is 3.30. The van der Waals surface area contributed by atoms with E-state index >= 15 is 0 Å². The van der Waals surface area contributed by atoms with Crippen molar-refractivity contribution in [1.29, 1.82) is 0 Å². The van der Waals surface area contributed by atoms with Crippen LogP contribution in [0.2, 0.25) is 0 Å². The molecular weight excluding hydrogens is 296 g/mol. The Morgan fingerprint density at radius 3 is 2.52 bits per heavy atom. The Balaban J connectivity index is 1.63. The van der Waals surface area contributed by atoms with Crippen LogP contribution in [0, 0.1) is 13.8 Å². The van der Waals surface area contributed by atoms with Crippen LogP contribution in [0.3, 0.4) is 0 Å². The van der Waals surface area contributed by atoms with Gasteiger partial charge in [-0.2, -0.15) is 0 Å². The molecule has 0 spiro atoms. The van der Waals surface area contributed by atoms with Crippen molar-refractivity contribution in [2.45, 2.75) is 39.2 Å². The number of hydrogen-bond donors (Lipinski definition) is 1. The lowest BCUT2D eigenvalue weighted by atomic mass is 10.0. The Labute approximate surface area is 133 Å². The molecule has 3 heterocycles. The van der Waals surface area contributed by atoms with Crippen molar-refractivity contribution in [3.05, 3.63) is 40.1 Å². The highest BCUT2D eigenvalue weighted by atomic mass is 16.2. The van der Waals surface area contributed by atoms with E-state index in [0.717, 1.165) is 12.8 Å². The topological polar surface area (TPSA) is 96.8 Å². The molecule has 1 saturated heterocycles. The van der Waals surface area contributed by atoms with Gasteiger partial charge in [-0.3, -0.25) is 9.59 Å². The minimum Gasteiger partial charge on any atom is -0.342 e. The number of likely N-dealkylation sites (tertiary alicyclic amines) is 1. The summed E-state index contributed by atoms with van der Waals surface area (Å²) in [5.41, 5.74) is 0.864. The van der Waals surface area contributed by atoms with E-state index in [0.29, 0.717) is 36.2 Å². The number of carbonyl (C=O) groups is 1. The maximum Gasteiger partial charge on any atom is 0.254 e. The average Bonchev–Trinajstić information content (AvgIpc) is 3.05. The number of aromatic amines is 1. The van der Waals surface area contributed by atoms with E-state index in [1.165, 1.54) is 0 Å². The van der Waals surface area contributed by atoms with Crippen molar-refractivity contribution in [2.24, 2.45) is 0 Å².